The molecule has 0 aromatic heterocycles. The summed E-state index contributed by atoms with van der Waals surface area (Å²) in [5.74, 6) is 4.08. The first-order valence-electron chi connectivity index (χ1n) is 22.5. The average molecular weight is 806 g/mol. The molecule has 0 radical (unpaired) electrons. The van der Waals surface area contributed by atoms with Crippen molar-refractivity contribution in [3.63, 3.8) is 0 Å². The fraction of sp³-hybridized carbons (Fsp3) is 0.633. The maximum atomic E-state index is 10.0. The van der Waals surface area contributed by atoms with E-state index in [4.69, 9.17) is 19.9 Å². The van der Waals surface area contributed by atoms with Crippen LogP contribution in [-0.2, 0) is 0 Å². The highest BCUT2D eigenvalue weighted by Crippen LogP contribution is 2.29. The van der Waals surface area contributed by atoms with Gasteiger partial charge in [-0.1, -0.05) is 88.8 Å². The van der Waals surface area contributed by atoms with E-state index in [9.17, 15) is 25.5 Å². The monoisotopic (exact) mass is 806 g/mol. The van der Waals surface area contributed by atoms with Crippen molar-refractivity contribution in [2.45, 2.75) is 154 Å². The highest BCUT2D eigenvalue weighted by Gasteiger charge is 2.22. The highest BCUT2D eigenvalue weighted by molar-refractivity contribution is 5.31. The summed E-state index contributed by atoms with van der Waals surface area (Å²) in [6.45, 7) is 6.63. The molecule has 7 N–H and O–H groups in total. The Morgan fingerprint density at radius 2 is 0.948 bits per heavy atom. The second kappa shape index (κ2) is 26.8. The van der Waals surface area contributed by atoms with Gasteiger partial charge in [-0.25, -0.2) is 0 Å². The van der Waals surface area contributed by atoms with Gasteiger partial charge >= 0.3 is 0 Å². The smallest absolute Gasteiger partial charge is 0.119 e. The second-order valence-corrected chi connectivity index (χ2v) is 16.8. The summed E-state index contributed by atoms with van der Waals surface area (Å²) in [5.41, 5.74) is 8.18. The van der Waals surface area contributed by atoms with Gasteiger partial charge in [-0.05, 0) is 148 Å². The van der Waals surface area contributed by atoms with Crippen LogP contribution in [0.3, 0.4) is 0 Å². The summed E-state index contributed by atoms with van der Waals surface area (Å²) in [7, 11) is 0. The third-order valence-electron chi connectivity index (χ3n) is 11.8. The molecule has 3 aromatic rings. The van der Waals surface area contributed by atoms with E-state index in [0.717, 1.165) is 117 Å². The molecular formula is C49H75NO8. The first kappa shape index (κ1) is 47.5. The van der Waals surface area contributed by atoms with Crippen molar-refractivity contribution < 1.29 is 39.7 Å². The Labute approximate surface area is 349 Å². The molecule has 0 bridgehead atoms. The van der Waals surface area contributed by atoms with E-state index in [-0.39, 0.29) is 18.3 Å². The number of hydrogen-bond acceptors (Lipinski definition) is 9. The molecule has 1 unspecified atom stereocenters. The Kier molecular flexibility index (Phi) is 22.0. The highest BCUT2D eigenvalue weighted by atomic mass is 16.5. The van der Waals surface area contributed by atoms with E-state index in [1.807, 2.05) is 79.7 Å². The third-order valence-corrected chi connectivity index (χ3v) is 11.8. The number of aliphatic hydroxyl groups is 5. The van der Waals surface area contributed by atoms with Crippen LogP contribution in [-0.4, -0.2) is 64.1 Å². The molecule has 7 atom stereocenters. The molecule has 0 saturated heterocycles. The molecule has 3 fully saturated rings. The topological polar surface area (TPSA) is 155 Å². The van der Waals surface area contributed by atoms with Crippen LogP contribution in [0.2, 0.25) is 0 Å². The van der Waals surface area contributed by atoms with Crippen molar-refractivity contribution in [1.82, 2.24) is 0 Å². The zero-order valence-electron chi connectivity index (χ0n) is 35.4. The number of ether oxygens (including phenoxy) is 3. The largest absolute Gasteiger partial charge is 0.493 e. The summed E-state index contributed by atoms with van der Waals surface area (Å²) in [4.78, 5) is 0. The summed E-state index contributed by atoms with van der Waals surface area (Å²) in [5, 5.41) is 49.1. The fourth-order valence-electron chi connectivity index (χ4n) is 8.26. The maximum absolute atomic E-state index is 10.0. The van der Waals surface area contributed by atoms with Crippen LogP contribution in [0.4, 0.5) is 0 Å². The molecule has 58 heavy (non-hydrogen) atoms. The average Bonchev–Trinajstić information content (AvgIpc) is 3.25. The van der Waals surface area contributed by atoms with Gasteiger partial charge in [0, 0.05) is 0 Å². The van der Waals surface area contributed by atoms with Gasteiger partial charge in [-0.15, -0.1) is 0 Å². The Morgan fingerprint density at radius 3 is 1.36 bits per heavy atom. The first-order chi connectivity index (χ1) is 28.2. The molecule has 324 valence electrons. The molecule has 6 rings (SSSR count). The quantitative estimate of drug-likeness (QED) is 0.0783. The molecule has 3 saturated carbocycles. The number of benzene rings is 3. The second-order valence-electron chi connectivity index (χ2n) is 16.8. The van der Waals surface area contributed by atoms with Crippen molar-refractivity contribution in [3.05, 3.63) is 89.5 Å². The molecule has 0 heterocycles. The van der Waals surface area contributed by atoms with Crippen molar-refractivity contribution in [3.8, 4) is 17.2 Å². The maximum Gasteiger partial charge on any atom is 0.119 e. The van der Waals surface area contributed by atoms with Gasteiger partial charge in [0.05, 0.1) is 50.3 Å². The molecule has 9 nitrogen and oxygen atoms in total. The molecule has 0 aliphatic heterocycles. The number of aliphatic hydroxyl groups excluding tert-OH is 5. The minimum Gasteiger partial charge on any atom is -0.493 e. The van der Waals surface area contributed by atoms with E-state index in [1.165, 1.54) is 32.1 Å². The van der Waals surface area contributed by atoms with E-state index in [0.29, 0.717) is 38.0 Å². The van der Waals surface area contributed by atoms with Gasteiger partial charge in [-0.3, -0.25) is 0 Å². The Balaban J connectivity index is 0.000000193. The summed E-state index contributed by atoms with van der Waals surface area (Å²) < 4.78 is 17.5. The van der Waals surface area contributed by atoms with E-state index < -0.39 is 12.2 Å². The molecule has 3 aliphatic rings. The Hall–Kier alpha value is -3.18. The van der Waals surface area contributed by atoms with E-state index >= 15 is 0 Å². The standard InChI is InChI=1S/C17H26O3.C16H25NO3.C16H24O2/c1-2-5-17(19)14-7-4-9-16(11-14)20-12-13-6-3-8-15(18)10-13;17-8-7-16(19)13-4-2-6-15(10-13)20-11-12-3-1-5-14(18)9-12;1-2-16(17)14-9-6-10-15(11-14)18-12-13-7-4-3-5-8-13/h4,7,9,11,13,15,17-19H,2-3,5-6,8,10,12H2,1H3;2,4,6,10,12,14,16,18-19H,1,3,5,7-9,11,17H2;6,9-11,13,16-17H,2-5,7-8,12H2,1H3/t13-,15+,17+;12-,14+,16-;/m01./s1. The van der Waals surface area contributed by atoms with E-state index in [1.54, 1.807) is 0 Å². The van der Waals surface area contributed by atoms with Gasteiger partial charge in [0.25, 0.3) is 0 Å². The molecule has 9 heteroatoms. The van der Waals surface area contributed by atoms with Crippen molar-refractivity contribution >= 4 is 0 Å². The zero-order chi connectivity index (χ0) is 41.5. The Bertz CT molecular complexity index is 1450. The van der Waals surface area contributed by atoms with Gasteiger partial charge in [0.2, 0.25) is 0 Å². The van der Waals surface area contributed by atoms with Crippen LogP contribution in [0.25, 0.3) is 0 Å². The molecule has 0 amide bonds. The number of hydrogen-bond donors (Lipinski definition) is 6. The van der Waals surface area contributed by atoms with Crippen molar-refractivity contribution in [2.75, 3.05) is 26.4 Å². The van der Waals surface area contributed by atoms with Crippen LogP contribution >= 0.6 is 0 Å². The fourth-order valence-corrected chi connectivity index (χ4v) is 8.26. The number of rotatable bonds is 17. The lowest BCUT2D eigenvalue weighted by molar-refractivity contribution is 0.0807. The molecular weight excluding hydrogens is 731 g/mol. The summed E-state index contributed by atoms with van der Waals surface area (Å²) >= 11 is 0. The lowest BCUT2D eigenvalue weighted by Gasteiger charge is -2.25. The zero-order valence-corrected chi connectivity index (χ0v) is 35.4. The summed E-state index contributed by atoms with van der Waals surface area (Å²) in [6, 6.07) is 23.2. The Morgan fingerprint density at radius 1 is 0.534 bits per heavy atom. The normalized spacial score (nSPS) is 22.6. The van der Waals surface area contributed by atoms with Crippen LogP contribution < -0.4 is 19.9 Å². The lowest BCUT2D eigenvalue weighted by atomic mass is 9.88. The lowest BCUT2D eigenvalue weighted by Crippen LogP contribution is -2.24. The number of nitrogens with two attached hydrogens (primary N) is 1. The van der Waals surface area contributed by atoms with Crippen LogP contribution in [0.1, 0.15) is 158 Å². The van der Waals surface area contributed by atoms with Crippen molar-refractivity contribution in [1.29, 1.82) is 0 Å². The third kappa shape index (κ3) is 17.6. The van der Waals surface area contributed by atoms with E-state index in [2.05, 4.69) is 6.92 Å². The van der Waals surface area contributed by atoms with Crippen LogP contribution in [0.15, 0.2) is 72.8 Å². The minimum absolute atomic E-state index is 0.157. The van der Waals surface area contributed by atoms with Crippen LogP contribution in [0.5, 0.6) is 17.2 Å². The van der Waals surface area contributed by atoms with Crippen molar-refractivity contribution in [2.24, 2.45) is 23.5 Å². The van der Waals surface area contributed by atoms with Gasteiger partial charge < -0.3 is 45.5 Å². The SMILES string of the molecule is CCC(O)c1cccc(OCC2CCCCC2)c1.CCC[C@@H](O)c1cccc(OC[C@H]2CCC[C@@H](O)C2)c1.NCC[C@@H](O)c1cccc(OC[C@@H]2CCC[C@H](O)C2)c1. The van der Waals surface area contributed by atoms with Gasteiger partial charge in [-0.2, -0.15) is 0 Å². The van der Waals surface area contributed by atoms with Gasteiger partial charge in [0.1, 0.15) is 17.2 Å². The predicted octanol–water partition coefficient (Wildman–Crippen LogP) is 9.54. The predicted molar refractivity (Wildman–Crippen MR) is 232 cm³/mol. The molecule has 0 spiro atoms. The first-order valence-corrected chi connectivity index (χ1v) is 22.5. The molecule has 3 aliphatic carbocycles. The summed E-state index contributed by atoms with van der Waals surface area (Å²) in [6.07, 6.45) is 16.0. The van der Waals surface area contributed by atoms with Gasteiger partial charge in [0.15, 0.2) is 0 Å². The minimum atomic E-state index is -0.528. The van der Waals surface area contributed by atoms with Crippen LogP contribution in [0, 0.1) is 17.8 Å². The molecule has 3 aromatic carbocycles.